The summed E-state index contributed by atoms with van der Waals surface area (Å²) >= 11 is 0. The van der Waals surface area contributed by atoms with E-state index in [0.717, 1.165) is 0 Å². The highest BCUT2D eigenvalue weighted by molar-refractivity contribution is 5.66. The average Bonchev–Trinajstić information content (AvgIpc) is 2.94. The number of rotatable bonds is 13. The van der Waals surface area contributed by atoms with Crippen LogP contribution in [0.3, 0.4) is 0 Å². The van der Waals surface area contributed by atoms with Crippen LogP contribution in [-0.2, 0) is 15.1 Å². The Morgan fingerprint density at radius 1 is 0.676 bits per heavy atom. The molecule has 0 spiro atoms. The second-order valence-electron chi connectivity index (χ2n) is 8.02. The molecule has 0 aromatic heterocycles. The van der Waals surface area contributed by atoms with Gasteiger partial charge < -0.3 is 38.3 Å². The minimum absolute atomic E-state index is 0.272. The highest BCUT2D eigenvalue weighted by Gasteiger charge is 2.43. The highest BCUT2D eigenvalue weighted by Crippen LogP contribution is 2.52. The fourth-order valence-electron chi connectivity index (χ4n) is 4.50. The largest absolute Gasteiger partial charge is 0.493 e. The fourth-order valence-corrected chi connectivity index (χ4v) is 4.50. The second kappa shape index (κ2) is 12.7. The number of aliphatic hydroxyl groups is 1. The number of ether oxygens (including phenoxy) is 7. The molecule has 1 N–H and O–H groups in total. The molecular formula is C29H36O8. The van der Waals surface area contributed by atoms with Gasteiger partial charge >= 0.3 is 0 Å². The van der Waals surface area contributed by atoms with Crippen molar-refractivity contribution in [2.24, 2.45) is 0 Å². The molecule has 1 unspecified atom stereocenters. The van der Waals surface area contributed by atoms with E-state index in [1.807, 2.05) is 44.2 Å². The molecule has 0 amide bonds. The van der Waals surface area contributed by atoms with Crippen LogP contribution in [0.5, 0.6) is 28.7 Å². The molecule has 3 rings (SSSR count). The second-order valence-corrected chi connectivity index (χ2v) is 8.02. The van der Waals surface area contributed by atoms with Crippen molar-refractivity contribution < 1.29 is 38.3 Å². The maximum atomic E-state index is 12.9. The van der Waals surface area contributed by atoms with E-state index in [0.29, 0.717) is 58.5 Å². The lowest BCUT2D eigenvalue weighted by molar-refractivity contribution is -0.107. The maximum Gasteiger partial charge on any atom is 0.203 e. The van der Waals surface area contributed by atoms with Crippen molar-refractivity contribution in [1.29, 1.82) is 0 Å². The lowest BCUT2D eigenvalue weighted by Crippen LogP contribution is -2.32. The minimum Gasteiger partial charge on any atom is -0.493 e. The van der Waals surface area contributed by atoms with Gasteiger partial charge in [0.2, 0.25) is 5.75 Å². The summed E-state index contributed by atoms with van der Waals surface area (Å²) < 4.78 is 40.1. The van der Waals surface area contributed by atoms with Gasteiger partial charge in [-0.2, -0.15) is 0 Å². The minimum atomic E-state index is -1.76. The van der Waals surface area contributed by atoms with Crippen molar-refractivity contribution in [3.63, 3.8) is 0 Å². The van der Waals surface area contributed by atoms with Gasteiger partial charge in [-0.25, -0.2) is 0 Å². The van der Waals surface area contributed by atoms with Crippen LogP contribution in [0.15, 0.2) is 54.6 Å². The number of hydrogen-bond acceptors (Lipinski definition) is 8. The molecule has 0 fully saturated rings. The highest BCUT2D eigenvalue weighted by atomic mass is 16.7. The molecule has 0 bridgehead atoms. The monoisotopic (exact) mass is 512 g/mol. The fraction of sp³-hybridized carbons (Fsp3) is 0.379. The molecule has 0 heterocycles. The molecule has 0 aliphatic carbocycles. The number of hydrogen-bond donors (Lipinski definition) is 1. The van der Waals surface area contributed by atoms with Crippen molar-refractivity contribution in [3.05, 3.63) is 76.9 Å². The van der Waals surface area contributed by atoms with E-state index in [9.17, 15) is 5.11 Å². The first-order valence-corrected chi connectivity index (χ1v) is 12.0. The van der Waals surface area contributed by atoms with E-state index in [4.69, 9.17) is 33.2 Å². The van der Waals surface area contributed by atoms with E-state index in [2.05, 4.69) is 0 Å². The molecule has 200 valence electrons. The Morgan fingerprint density at radius 2 is 1.30 bits per heavy atom. The van der Waals surface area contributed by atoms with Crippen LogP contribution in [0.25, 0.3) is 0 Å². The Kier molecular flexibility index (Phi) is 9.63. The summed E-state index contributed by atoms with van der Waals surface area (Å²) in [6.07, 6.45) is -0.854. The first-order chi connectivity index (χ1) is 17.9. The van der Waals surface area contributed by atoms with Crippen LogP contribution in [0, 0.1) is 0 Å². The summed E-state index contributed by atoms with van der Waals surface area (Å²) in [6, 6.07) is 16.4. The van der Waals surface area contributed by atoms with E-state index in [1.54, 1.807) is 24.3 Å². The topological polar surface area (TPSA) is 84.8 Å². The number of benzene rings is 3. The quantitative estimate of drug-likeness (QED) is 0.251. The van der Waals surface area contributed by atoms with Crippen LogP contribution in [0.1, 0.15) is 42.4 Å². The van der Waals surface area contributed by atoms with Crippen LogP contribution in [-0.4, -0.2) is 53.9 Å². The Bertz CT molecular complexity index is 1160. The van der Waals surface area contributed by atoms with Gasteiger partial charge in [-0.05, 0) is 43.2 Å². The first kappa shape index (κ1) is 28.1. The summed E-state index contributed by atoms with van der Waals surface area (Å²) in [7, 11) is 7.59. The average molecular weight is 513 g/mol. The zero-order valence-corrected chi connectivity index (χ0v) is 22.5. The van der Waals surface area contributed by atoms with Gasteiger partial charge in [0.1, 0.15) is 5.60 Å². The maximum absolute atomic E-state index is 12.9. The van der Waals surface area contributed by atoms with Crippen molar-refractivity contribution in [3.8, 4) is 28.7 Å². The molecule has 8 heteroatoms. The summed E-state index contributed by atoms with van der Waals surface area (Å²) in [5.41, 5.74) is 0.215. The van der Waals surface area contributed by atoms with Gasteiger partial charge in [-0.1, -0.05) is 36.4 Å². The van der Waals surface area contributed by atoms with Crippen LogP contribution in [0.2, 0.25) is 0 Å². The molecule has 3 aromatic carbocycles. The molecule has 0 aliphatic rings. The number of methoxy groups -OCH3 is 5. The summed E-state index contributed by atoms with van der Waals surface area (Å²) in [5, 5.41) is 12.9. The third-order valence-electron chi connectivity index (χ3n) is 6.06. The third-order valence-corrected chi connectivity index (χ3v) is 6.06. The van der Waals surface area contributed by atoms with E-state index < -0.39 is 11.9 Å². The van der Waals surface area contributed by atoms with Crippen LogP contribution >= 0.6 is 0 Å². The summed E-state index contributed by atoms with van der Waals surface area (Å²) in [4.78, 5) is 0. The zero-order valence-electron chi connectivity index (χ0n) is 22.5. The Morgan fingerprint density at radius 3 is 1.84 bits per heavy atom. The van der Waals surface area contributed by atoms with Crippen molar-refractivity contribution in [2.45, 2.75) is 25.7 Å². The molecule has 1 atom stereocenters. The van der Waals surface area contributed by atoms with Crippen LogP contribution < -0.4 is 23.7 Å². The normalized spacial score (nSPS) is 12.7. The van der Waals surface area contributed by atoms with Crippen molar-refractivity contribution >= 4 is 0 Å². The van der Waals surface area contributed by atoms with Gasteiger partial charge in [0.25, 0.3) is 0 Å². The first-order valence-electron chi connectivity index (χ1n) is 12.0. The standard InChI is InChI=1S/C29H36O8/c1-8-36-22-16-15-20(17-23(22)37-9-2)29(30,19-13-11-10-12-14-19)25-21(28(34-6)35-7)18-24(31-3)26(32-4)27(25)33-5/h10-18,28,30H,8-9H2,1-7H3. The lowest BCUT2D eigenvalue weighted by atomic mass is 9.77. The smallest absolute Gasteiger partial charge is 0.203 e. The molecular weight excluding hydrogens is 476 g/mol. The Hall–Kier alpha value is -3.46. The lowest BCUT2D eigenvalue weighted by Gasteiger charge is -2.35. The van der Waals surface area contributed by atoms with E-state index >= 15 is 0 Å². The van der Waals surface area contributed by atoms with Gasteiger partial charge in [-0.15, -0.1) is 0 Å². The molecule has 8 nitrogen and oxygen atoms in total. The molecule has 0 radical (unpaired) electrons. The van der Waals surface area contributed by atoms with Crippen molar-refractivity contribution in [2.75, 3.05) is 48.8 Å². The third kappa shape index (κ3) is 5.32. The predicted octanol–water partition coefficient (Wildman–Crippen LogP) is 5.09. The van der Waals surface area contributed by atoms with Gasteiger partial charge in [0.05, 0.1) is 34.5 Å². The van der Waals surface area contributed by atoms with Gasteiger partial charge in [0, 0.05) is 25.3 Å². The summed E-state index contributed by atoms with van der Waals surface area (Å²) in [6.45, 7) is 4.69. The van der Waals surface area contributed by atoms with Crippen LogP contribution in [0.4, 0.5) is 0 Å². The predicted molar refractivity (Wildman–Crippen MR) is 140 cm³/mol. The molecule has 0 aliphatic heterocycles. The molecule has 0 saturated carbocycles. The Labute approximate surface area is 218 Å². The Balaban J connectivity index is 2.51. The molecule has 3 aromatic rings. The van der Waals surface area contributed by atoms with E-state index in [-0.39, 0.29) is 5.75 Å². The van der Waals surface area contributed by atoms with Crippen molar-refractivity contribution in [1.82, 2.24) is 0 Å². The molecule has 37 heavy (non-hydrogen) atoms. The zero-order chi connectivity index (χ0) is 27.0. The van der Waals surface area contributed by atoms with Gasteiger partial charge in [0.15, 0.2) is 29.3 Å². The van der Waals surface area contributed by atoms with Gasteiger partial charge in [-0.3, -0.25) is 0 Å². The molecule has 0 saturated heterocycles. The summed E-state index contributed by atoms with van der Waals surface area (Å²) in [5.74, 6) is 2.07. The SMILES string of the molecule is CCOc1ccc(C(O)(c2ccccc2)c2c(C(OC)OC)cc(OC)c(OC)c2OC)cc1OCC. The van der Waals surface area contributed by atoms with E-state index in [1.165, 1.54) is 35.5 Å².